The number of likely N-dealkylation sites (tertiary alicyclic amines) is 1. The molecular formula is C16H31NO. The lowest BCUT2D eigenvalue weighted by molar-refractivity contribution is 0.108. The van der Waals surface area contributed by atoms with Crippen molar-refractivity contribution in [2.24, 2.45) is 17.8 Å². The third-order valence-electron chi connectivity index (χ3n) is 5.01. The molecule has 0 aromatic rings. The molecule has 1 saturated heterocycles. The van der Waals surface area contributed by atoms with Crippen LogP contribution in [0.25, 0.3) is 0 Å². The van der Waals surface area contributed by atoms with Gasteiger partial charge in [0.25, 0.3) is 0 Å². The van der Waals surface area contributed by atoms with E-state index in [4.69, 9.17) is 4.74 Å². The van der Waals surface area contributed by atoms with E-state index in [1.165, 1.54) is 58.2 Å². The van der Waals surface area contributed by atoms with Crippen molar-refractivity contribution >= 4 is 0 Å². The van der Waals surface area contributed by atoms with Gasteiger partial charge in [0.2, 0.25) is 0 Å². The highest BCUT2D eigenvalue weighted by atomic mass is 16.5. The van der Waals surface area contributed by atoms with Gasteiger partial charge in [-0.05, 0) is 69.9 Å². The van der Waals surface area contributed by atoms with Crippen LogP contribution in [0.15, 0.2) is 0 Å². The van der Waals surface area contributed by atoms with Crippen LogP contribution in [-0.4, -0.2) is 37.7 Å². The Kier molecular flexibility index (Phi) is 5.97. The first kappa shape index (κ1) is 14.3. The van der Waals surface area contributed by atoms with Crippen LogP contribution >= 0.6 is 0 Å². The van der Waals surface area contributed by atoms with E-state index >= 15 is 0 Å². The topological polar surface area (TPSA) is 12.5 Å². The van der Waals surface area contributed by atoms with Crippen LogP contribution in [0.2, 0.25) is 0 Å². The molecule has 1 heterocycles. The van der Waals surface area contributed by atoms with E-state index in [0.29, 0.717) is 0 Å². The zero-order chi connectivity index (χ0) is 12.8. The Labute approximate surface area is 113 Å². The molecule has 2 rings (SSSR count). The maximum atomic E-state index is 5.57. The summed E-state index contributed by atoms with van der Waals surface area (Å²) >= 11 is 0. The standard InChI is InChI=1S/C16H31NO/c1-3-14-7-9-17(10-8-14)12-15-5-6-16(11-15)13-18-4-2/h14-16H,3-13H2,1-2H3. The number of piperidine rings is 1. The van der Waals surface area contributed by atoms with Crippen LogP contribution in [0.5, 0.6) is 0 Å². The highest BCUT2D eigenvalue weighted by molar-refractivity contribution is 4.80. The summed E-state index contributed by atoms with van der Waals surface area (Å²) in [6, 6.07) is 0. The van der Waals surface area contributed by atoms with Crippen molar-refractivity contribution < 1.29 is 4.74 Å². The fourth-order valence-corrected chi connectivity index (χ4v) is 3.72. The van der Waals surface area contributed by atoms with E-state index in [2.05, 4.69) is 18.7 Å². The third kappa shape index (κ3) is 4.24. The lowest BCUT2D eigenvalue weighted by Crippen LogP contribution is -2.36. The van der Waals surface area contributed by atoms with Crippen molar-refractivity contribution in [3.05, 3.63) is 0 Å². The first-order valence-electron chi connectivity index (χ1n) is 8.11. The summed E-state index contributed by atoms with van der Waals surface area (Å²) in [6.07, 6.45) is 8.50. The molecule has 0 bridgehead atoms. The van der Waals surface area contributed by atoms with E-state index in [9.17, 15) is 0 Å². The van der Waals surface area contributed by atoms with Gasteiger partial charge in [0, 0.05) is 19.8 Å². The van der Waals surface area contributed by atoms with Gasteiger partial charge in [-0.25, -0.2) is 0 Å². The minimum atomic E-state index is 0.850. The third-order valence-corrected chi connectivity index (χ3v) is 5.01. The molecule has 2 heteroatoms. The number of rotatable bonds is 6. The molecule has 0 aromatic heterocycles. The van der Waals surface area contributed by atoms with Gasteiger partial charge in [0.05, 0.1) is 0 Å². The van der Waals surface area contributed by atoms with Gasteiger partial charge in [0.1, 0.15) is 0 Å². The molecule has 1 aliphatic heterocycles. The molecule has 2 atom stereocenters. The second-order valence-corrected chi connectivity index (χ2v) is 6.36. The van der Waals surface area contributed by atoms with Crippen LogP contribution in [-0.2, 0) is 4.74 Å². The predicted octanol–water partition coefficient (Wildman–Crippen LogP) is 3.56. The Morgan fingerprint density at radius 3 is 2.33 bits per heavy atom. The largest absolute Gasteiger partial charge is 0.381 e. The van der Waals surface area contributed by atoms with Crippen LogP contribution in [0.3, 0.4) is 0 Å². The van der Waals surface area contributed by atoms with Crippen molar-refractivity contribution in [2.45, 2.75) is 52.4 Å². The van der Waals surface area contributed by atoms with E-state index in [-0.39, 0.29) is 0 Å². The summed E-state index contributed by atoms with van der Waals surface area (Å²) in [5.74, 6) is 2.81. The van der Waals surface area contributed by atoms with Gasteiger partial charge in [0.15, 0.2) is 0 Å². The minimum Gasteiger partial charge on any atom is -0.381 e. The Bertz CT molecular complexity index is 223. The minimum absolute atomic E-state index is 0.850. The molecule has 106 valence electrons. The van der Waals surface area contributed by atoms with E-state index < -0.39 is 0 Å². The van der Waals surface area contributed by atoms with Gasteiger partial charge < -0.3 is 9.64 Å². The molecule has 0 N–H and O–H groups in total. The monoisotopic (exact) mass is 253 g/mol. The molecule has 0 spiro atoms. The molecule has 0 aromatic carbocycles. The summed E-state index contributed by atoms with van der Waals surface area (Å²) in [6.45, 7) is 10.4. The normalized spacial score (nSPS) is 31.0. The molecule has 1 aliphatic carbocycles. The Morgan fingerprint density at radius 2 is 1.67 bits per heavy atom. The van der Waals surface area contributed by atoms with Crippen molar-refractivity contribution in [2.75, 3.05) is 32.8 Å². The molecule has 1 saturated carbocycles. The average molecular weight is 253 g/mol. The summed E-state index contributed by atoms with van der Waals surface area (Å²) in [5.41, 5.74) is 0. The highest BCUT2D eigenvalue weighted by Crippen LogP contribution is 2.32. The molecule has 2 fully saturated rings. The van der Waals surface area contributed by atoms with Gasteiger partial charge in [-0.15, -0.1) is 0 Å². The summed E-state index contributed by atoms with van der Waals surface area (Å²) in [5, 5.41) is 0. The van der Waals surface area contributed by atoms with Crippen LogP contribution in [0.1, 0.15) is 52.4 Å². The first-order valence-corrected chi connectivity index (χ1v) is 8.11. The Morgan fingerprint density at radius 1 is 0.944 bits per heavy atom. The van der Waals surface area contributed by atoms with Crippen molar-refractivity contribution in [1.29, 1.82) is 0 Å². The van der Waals surface area contributed by atoms with Crippen molar-refractivity contribution in [3.63, 3.8) is 0 Å². The van der Waals surface area contributed by atoms with Crippen LogP contribution < -0.4 is 0 Å². The SMILES string of the molecule is CCOCC1CCC(CN2CCC(CC)CC2)C1. The average Bonchev–Trinajstić information content (AvgIpc) is 2.85. The first-order chi connectivity index (χ1) is 8.81. The number of nitrogens with zero attached hydrogens (tertiary/aromatic N) is 1. The predicted molar refractivity (Wildman–Crippen MR) is 76.8 cm³/mol. The zero-order valence-corrected chi connectivity index (χ0v) is 12.4. The molecule has 18 heavy (non-hydrogen) atoms. The number of hydrogen-bond donors (Lipinski definition) is 0. The van der Waals surface area contributed by atoms with Gasteiger partial charge in [-0.3, -0.25) is 0 Å². The van der Waals surface area contributed by atoms with Crippen molar-refractivity contribution in [1.82, 2.24) is 4.90 Å². The summed E-state index contributed by atoms with van der Waals surface area (Å²) in [7, 11) is 0. The maximum absolute atomic E-state index is 5.57. The van der Waals surface area contributed by atoms with E-state index in [0.717, 1.165) is 31.0 Å². The second-order valence-electron chi connectivity index (χ2n) is 6.36. The van der Waals surface area contributed by atoms with Gasteiger partial charge in [-0.2, -0.15) is 0 Å². The second kappa shape index (κ2) is 7.49. The summed E-state index contributed by atoms with van der Waals surface area (Å²) in [4.78, 5) is 2.72. The van der Waals surface area contributed by atoms with E-state index in [1.807, 2.05) is 0 Å². The summed E-state index contributed by atoms with van der Waals surface area (Å²) < 4.78 is 5.57. The van der Waals surface area contributed by atoms with Gasteiger partial charge in [-0.1, -0.05) is 13.3 Å². The molecule has 2 unspecified atom stereocenters. The molecule has 2 nitrogen and oxygen atoms in total. The zero-order valence-electron chi connectivity index (χ0n) is 12.4. The number of hydrogen-bond acceptors (Lipinski definition) is 2. The smallest absolute Gasteiger partial charge is 0.0494 e. The van der Waals surface area contributed by atoms with Crippen molar-refractivity contribution in [3.8, 4) is 0 Å². The fraction of sp³-hybridized carbons (Fsp3) is 1.00. The Balaban J connectivity index is 1.63. The Hall–Kier alpha value is -0.0800. The molecule has 2 aliphatic rings. The van der Waals surface area contributed by atoms with Crippen LogP contribution in [0.4, 0.5) is 0 Å². The molecule has 0 radical (unpaired) electrons. The highest BCUT2D eigenvalue weighted by Gasteiger charge is 2.27. The lowest BCUT2D eigenvalue weighted by Gasteiger charge is -2.33. The quantitative estimate of drug-likeness (QED) is 0.717. The molecule has 0 amide bonds. The fourth-order valence-electron chi connectivity index (χ4n) is 3.72. The maximum Gasteiger partial charge on any atom is 0.0494 e. The molecular weight excluding hydrogens is 222 g/mol. The lowest BCUT2D eigenvalue weighted by atomic mass is 9.93. The van der Waals surface area contributed by atoms with Crippen LogP contribution in [0, 0.1) is 17.8 Å². The van der Waals surface area contributed by atoms with Gasteiger partial charge >= 0.3 is 0 Å². The van der Waals surface area contributed by atoms with E-state index in [1.54, 1.807) is 0 Å². The number of ether oxygens (including phenoxy) is 1.